The first-order chi connectivity index (χ1) is 12.8. The van der Waals surface area contributed by atoms with Crippen molar-refractivity contribution in [2.24, 2.45) is 17.8 Å². The third-order valence-electron chi connectivity index (χ3n) is 5.38. The maximum Gasteiger partial charge on any atom is 0.327 e. The molecule has 0 amide bonds. The molecule has 5 heteroatoms. The van der Waals surface area contributed by atoms with Crippen LogP contribution in [0.15, 0.2) is 24.3 Å². The normalized spacial score (nSPS) is 25.5. The van der Waals surface area contributed by atoms with Gasteiger partial charge in [-0.25, -0.2) is 4.79 Å². The van der Waals surface area contributed by atoms with Gasteiger partial charge in [0.2, 0.25) is 0 Å². The predicted molar refractivity (Wildman–Crippen MR) is 106 cm³/mol. The van der Waals surface area contributed by atoms with Gasteiger partial charge in [0.05, 0.1) is 12.2 Å². The number of carboxylic acids is 1. The fourth-order valence-corrected chi connectivity index (χ4v) is 3.82. The highest BCUT2D eigenvalue weighted by molar-refractivity contribution is 5.84. The molecule has 1 saturated carbocycles. The van der Waals surface area contributed by atoms with Crippen LogP contribution in [0, 0.1) is 17.8 Å². The van der Waals surface area contributed by atoms with Crippen molar-refractivity contribution in [3.8, 4) is 0 Å². The minimum absolute atomic E-state index is 0.0871. The van der Waals surface area contributed by atoms with Gasteiger partial charge < -0.3 is 15.3 Å². The van der Waals surface area contributed by atoms with E-state index in [2.05, 4.69) is 13.8 Å². The number of ketones is 1. The first-order valence-electron chi connectivity index (χ1n) is 10.3. The van der Waals surface area contributed by atoms with Crippen molar-refractivity contribution in [1.82, 2.24) is 0 Å². The number of carbonyl (C=O) groups is 2. The predicted octanol–water partition coefficient (Wildman–Crippen LogP) is 3.89. The van der Waals surface area contributed by atoms with Gasteiger partial charge in [0, 0.05) is 24.3 Å². The first-order valence-corrected chi connectivity index (χ1v) is 10.3. The number of unbranched alkanes of at least 4 members (excludes halogenated alkanes) is 3. The van der Waals surface area contributed by atoms with Gasteiger partial charge in [0.1, 0.15) is 5.78 Å². The number of hydrogen-bond donors (Lipinski definition) is 3. The first kappa shape index (κ1) is 23.6. The fraction of sp³-hybridized carbons (Fsp3) is 0.727. The standard InChI is InChI=1S/C22H36O5/c1-3-4-9-16(2)14-17(23)12-13-19-18(20(24)15-21(19)25)10-7-5-6-8-11-22(26)27/h8,11-13,16-19,21,23,25H,3-7,9-10,14-15H2,1-2H3,(H,26,27)/b11-8+,13-12-/t16-,17+,18+,19+,21+/m0/s1. The lowest BCUT2D eigenvalue weighted by Gasteiger charge is -2.18. The molecular weight excluding hydrogens is 344 g/mol. The van der Waals surface area contributed by atoms with Gasteiger partial charge >= 0.3 is 5.97 Å². The summed E-state index contributed by atoms with van der Waals surface area (Å²) in [4.78, 5) is 22.6. The molecule has 0 unspecified atom stereocenters. The summed E-state index contributed by atoms with van der Waals surface area (Å²) in [6.45, 7) is 4.30. The number of aliphatic hydroxyl groups is 2. The van der Waals surface area contributed by atoms with Crippen molar-refractivity contribution in [3.63, 3.8) is 0 Å². The van der Waals surface area contributed by atoms with Crippen LogP contribution in [0.5, 0.6) is 0 Å². The molecule has 1 aliphatic carbocycles. The molecule has 0 aliphatic heterocycles. The molecule has 0 saturated heterocycles. The SMILES string of the molecule is CCCC[C@H](C)C[C@H](O)/C=C\[C@H]1[C@H](O)CC(=O)[C@@H]1CCCC/C=C/C(=O)O. The molecule has 0 aromatic heterocycles. The molecule has 1 fully saturated rings. The van der Waals surface area contributed by atoms with Crippen LogP contribution in [0.2, 0.25) is 0 Å². The van der Waals surface area contributed by atoms with Crippen LogP contribution >= 0.6 is 0 Å². The van der Waals surface area contributed by atoms with Gasteiger partial charge in [0.25, 0.3) is 0 Å². The average Bonchev–Trinajstić information content (AvgIpc) is 2.87. The summed E-state index contributed by atoms with van der Waals surface area (Å²) in [7, 11) is 0. The fourth-order valence-electron chi connectivity index (χ4n) is 3.82. The molecule has 1 aliphatic rings. The van der Waals surface area contributed by atoms with Gasteiger partial charge in [-0.1, -0.05) is 57.8 Å². The number of carbonyl (C=O) groups excluding carboxylic acids is 1. The molecule has 0 spiro atoms. The zero-order valence-corrected chi connectivity index (χ0v) is 16.7. The number of aliphatic carboxylic acids is 1. The molecular formula is C22H36O5. The van der Waals surface area contributed by atoms with E-state index >= 15 is 0 Å². The number of carboxylic acid groups (broad SMARTS) is 1. The van der Waals surface area contributed by atoms with Gasteiger partial charge in [0.15, 0.2) is 0 Å². The lowest BCUT2D eigenvalue weighted by Crippen LogP contribution is -2.19. The van der Waals surface area contributed by atoms with Crippen LogP contribution in [0.3, 0.4) is 0 Å². The van der Waals surface area contributed by atoms with E-state index in [0.717, 1.165) is 38.2 Å². The summed E-state index contributed by atoms with van der Waals surface area (Å²) in [6, 6.07) is 0. The van der Waals surface area contributed by atoms with Crippen molar-refractivity contribution < 1.29 is 24.9 Å². The summed E-state index contributed by atoms with van der Waals surface area (Å²) in [6.07, 6.45) is 12.4. The smallest absolute Gasteiger partial charge is 0.327 e. The average molecular weight is 381 g/mol. The van der Waals surface area contributed by atoms with Crippen LogP contribution < -0.4 is 0 Å². The highest BCUT2D eigenvalue weighted by atomic mass is 16.4. The highest BCUT2D eigenvalue weighted by Gasteiger charge is 2.39. The van der Waals surface area contributed by atoms with Crippen LogP contribution in [-0.2, 0) is 9.59 Å². The van der Waals surface area contributed by atoms with Crippen LogP contribution in [0.25, 0.3) is 0 Å². The largest absolute Gasteiger partial charge is 0.478 e. The Morgan fingerprint density at radius 2 is 2.04 bits per heavy atom. The van der Waals surface area contributed by atoms with Gasteiger partial charge in [-0.3, -0.25) is 4.79 Å². The van der Waals surface area contributed by atoms with E-state index in [0.29, 0.717) is 25.2 Å². The maximum atomic E-state index is 12.2. The van der Waals surface area contributed by atoms with Crippen molar-refractivity contribution in [3.05, 3.63) is 24.3 Å². The quantitative estimate of drug-likeness (QED) is 0.256. The van der Waals surface area contributed by atoms with E-state index in [1.807, 2.05) is 6.08 Å². The van der Waals surface area contributed by atoms with Crippen LogP contribution in [0.4, 0.5) is 0 Å². The zero-order valence-electron chi connectivity index (χ0n) is 16.7. The molecule has 0 aromatic carbocycles. The number of allylic oxidation sites excluding steroid dienone is 1. The van der Waals surface area contributed by atoms with E-state index in [-0.39, 0.29) is 24.0 Å². The maximum absolute atomic E-state index is 12.2. The second-order valence-electron chi connectivity index (χ2n) is 7.88. The molecule has 0 radical (unpaired) electrons. The summed E-state index contributed by atoms with van der Waals surface area (Å²) < 4.78 is 0. The molecule has 5 nitrogen and oxygen atoms in total. The lowest BCUT2D eigenvalue weighted by molar-refractivity contribution is -0.131. The Morgan fingerprint density at radius 1 is 1.30 bits per heavy atom. The summed E-state index contributed by atoms with van der Waals surface area (Å²) in [5.41, 5.74) is 0. The van der Waals surface area contributed by atoms with Crippen molar-refractivity contribution in [1.29, 1.82) is 0 Å². The Bertz CT molecular complexity index is 511. The summed E-state index contributed by atoms with van der Waals surface area (Å²) in [5, 5.41) is 29.0. The third kappa shape index (κ3) is 9.34. The Kier molecular flexibility index (Phi) is 11.2. The second-order valence-corrected chi connectivity index (χ2v) is 7.88. The zero-order chi connectivity index (χ0) is 20.2. The Labute approximate surface area is 163 Å². The monoisotopic (exact) mass is 380 g/mol. The third-order valence-corrected chi connectivity index (χ3v) is 5.38. The van der Waals surface area contributed by atoms with Crippen LogP contribution in [0.1, 0.15) is 71.6 Å². The molecule has 0 bridgehead atoms. The number of hydrogen-bond acceptors (Lipinski definition) is 4. The van der Waals surface area contributed by atoms with Gasteiger partial charge in [-0.2, -0.15) is 0 Å². The summed E-state index contributed by atoms with van der Waals surface area (Å²) >= 11 is 0. The topological polar surface area (TPSA) is 94.8 Å². The molecule has 1 rings (SSSR count). The van der Waals surface area contributed by atoms with E-state index in [1.54, 1.807) is 12.2 Å². The van der Waals surface area contributed by atoms with E-state index in [4.69, 9.17) is 5.11 Å². The second kappa shape index (κ2) is 12.8. The highest BCUT2D eigenvalue weighted by Crippen LogP contribution is 2.34. The Balaban J connectivity index is 2.47. The van der Waals surface area contributed by atoms with Crippen molar-refractivity contribution >= 4 is 11.8 Å². The molecule has 0 heterocycles. The molecule has 5 atom stereocenters. The van der Waals surface area contributed by atoms with E-state index in [9.17, 15) is 19.8 Å². The minimum atomic E-state index is -0.947. The van der Waals surface area contributed by atoms with Crippen LogP contribution in [-0.4, -0.2) is 39.3 Å². The molecule has 154 valence electrons. The van der Waals surface area contributed by atoms with E-state index in [1.165, 1.54) is 0 Å². The Hall–Kier alpha value is -1.46. The Morgan fingerprint density at radius 3 is 2.70 bits per heavy atom. The number of Topliss-reactive ketones (excluding diaryl/α,β-unsaturated/α-hetero) is 1. The lowest BCUT2D eigenvalue weighted by atomic mass is 9.88. The van der Waals surface area contributed by atoms with E-state index < -0.39 is 18.2 Å². The van der Waals surface area contributed by atoms with Crippen molar-refractivity contribution in [2.45, 2.75) is 83.8 Å². The van der Waals surface area contributed by atoms with Gasteiger partial charge in [-0.15, -0.1) is 0 Å². The minimum Gasteiger partial charge on any atom is -0.478 e. The number of aliphatic hydroxyl groups excluding tert-OH is 2. The number of rotatable bonds is 13. The molecule has 27 heavy (non-hydrogen) atoms. The summed E-state index contributed by atoms with van der Waals surface area (Å²) in [5.74, 6) is -0.840. The molecule has 0 aromatic rings. The van der Waals surface area contributed by atoms with Crippen molar-refractivity contribution in [2.75, 3.05) is 0 Å². The molecule has 3 N–H and O–H groups in total. The van der Waals surface area contributed by atoms with Gasteiger partial charge in [-0.05, 0) is 31.6 Å².